The van der Waals surface area contributed by atoms with Crippen LogP contribution in [0.15, 0.2) is 42.5 Å². The molecule has 0 radical (unpaired) electrons. The third kappa shape index (κ3) is 5.26. The van der Waals surface area contributed by atoms with Crippen LogP contribution < -0.4 is 15.8 Å². The summed E-state index contributed by atoms with van der Waals surface area (Å²) in [5.74, 6) is 0.325. The largest absolute Gasteiger partial charge is 0.495 e. The Hall–Kier alpha value is -2.48. The van der Waals surface area contributed by atoms with E-state index in [2.05, 4.69) is 5.32 Å². The number of aliphatic hydroxyl groups excluding tert-OH is 2. The lowest BCUT2D eigenvalue weighted by molar-refractivity contribution is 0.0184. The van der Waals surface area contributed by atoms with Crippen molar-refractivity contribution in [3.05, 3.63) is 58.6 Å². The Bertz CT molecular complexity index is 742. The summed E-state index contributed by atoms with van der Waals surface area (Å²) in [5.41, 5.74) is 7.12. The van der Waals surface area contributed by atoms with Gasteiger partial charge in [-0.15, -0.1) is 0 Å². The average Bonchev–Trinajstić information content (AvgIpc) is 2.65. The van der Waals surface area contributed by atoms with Crippen LogP contribution in [0.1, 0.15) is 17.2 Å². The number of halogens is 1. The molecule has 0 heterocycles. The first-order valence-corrected chi connectivity index (χ1v) is 8.23. The number of alkyl carbamates (subject to hydrolysis) is 1. The normalized spacial score (nSPS) is 12.9. The number of carbonyl (C=O) groups is 1. The van der Waals surface area contributed by atoms with Crippen LogP contribution in [0.2, 0.25) is 5.02 Å². The van der Waals surface area contributed by atoms with Crippen LogP contribution in [-0.4, -0.2) is 36.1 Å². The molecule has 2 atom stereocenters. The summed E-state index contributed by atoms with van der Waals surface area (Å²) in [4.78, 5) is 11.7. The molecule has 0 aliphatic rings. The number of nitrogens with one attached hydrogen (secondary N) is 1. The monoisotopic (exact) mass is 380 g/mol. The van der Waals surface area contributed by atoms with Gasteiger partial charge in [-0.2, -0.15) is 0 Å². The maximum atomic E-state index is 11.7. The molecule has 0 aliphatic heterocycles. The molecule has 5 N–H and O–H groups in total. The zero-order chi connectivity index (χ0) is 19.1. The Morgan fingerprint density at radius 3 is 2.62 bits per heavy atom. The number of nitrogens with two attached hydrogens (primary N) is 1. The highest BCUT2D eigenvalue weighted by Gasteiger charge is 2.23. The summed E-state index contributed by atoms with van der Waals surface area (Å²) in [6.07, 6.45) is -3.35. The van der Waals surface area contributed by atoms with Crippen LogP contribution in [0.4, 0.5) is 10.5 Å². The Morgan fingerprint density at radius 1 is 1.27 bits per heavy atom. The van der Waals surface area contributed by atoms with E-state index in [0.717, 1.165) is 5.56 Å². The second-order valence-corrected chi connectivity index (χ2v) is 5.98. The molecule has 0 fully saturated rings. The molecule has 2 aromatic rings. The van der Waals surface area contributed by atoms with Gasteiger partial charge in [0.1, 0.15) is 24.6 Å². The van der Waals surface area contributed by atoms with Crippen LogP contribution in [0.3, 0.4) is 0 Å². The van der Waals surface area contributed by atoms with Gasteiger partial charge in [-0.3, -0.25) is 0 Å². The second kappa shape index (κ2) is 9.28. The van der Waals surface area contributed by atoms with Crippen LogP contribution >= 0.6 is 11.6 Å². The zero-order valence-corrected chi connectivity index (χ0v) is 14.9. The predicted molar refractivity (Wildman–Crippen MR) is 98.0 cm³/mol. The first-order chi connectivity index (χ1) is 12.4. The summed E-state index contributed by atoms with van der Waals surface area (Å²) in [5, 5.41) is 23.0. The molecule has 0 aromatic heterocycles. The number of aliphatic hydroxyl groups is 2. The topological polar surface area (TPSA) is 114 Å². The number of ether oxygens (including phenoxy) is 2. The summed E-state index contributed by atoms with van der Waals surface area (Å²) in [7, 11) is 1.43. The minimum Gasteiger partial charge on any atom is -0.495 e. The van der Waals surface area contributed by atoms with Gasteiger partial charge in [-0.25, -0.2) is 4.79 Å². The number of benzene rings is 2. The number of hydrogen-bond donors (Lipinski definition) is 4. The van der Waals surface area contributed by atoms with Gasteiger partial charge in [0.25, 0.3) is 0 Å². The van der Waals surface area contributed by atoms with Gasteiger partial charge in [0.2, 0.25) is 0 Å². The number of nitrogen functional groups attached to an aromatic ring is 1. The molecule has 8 heteroatoms. The van der Waals surface area contributed by atoms with Crippen LogP contribution in [0.25, 0.3) is 0 Å². The molecule has 0 aliphatic carbocycles. The van der Waals surface area contributed by atoms with Crippen molar-refractivity contribution in [1.29, 1.82) is 0 Å². The minimum atomic E-state index is -1.34. The lowest BCUT2D eigenvalue weighted by atomic mass is 10.0. The quantitative estimate of drug-likeness (QED) is 0.548. The van der Waals surface area contributed by atoms with Gasteiger partial charge < -0.3 is 30.7 Å². The van der Waals surface area contributed by atoms with E-state index in [1.807, 2.05) is 30.3 Å². The third-order valence-corrected chi connectivity index (χ3v) is 4.03. The highest BCUT2D eigenvalue weighted by atomic mass is 35.5. The van der Waals surface area contributed by atoms with Gasteiger partial charge in [0.15, 0.2) is 0 Å². The number of anilines is 1. The molecule has 2 unspecified atom stereocenters. The van der Waals surface area contributed by atoms with Crippen molar-refractivity contribution in [2.75, 3.05) is 19.4 Å². The first kappa shape index (κ1) is 19.8. The molecule has 0 saturated carbocycles. The molecule has 0 saturated heterocycles. The van der Waals surface area contributed by atoms with Crippen molar-refractivity contribution >= 4 is 23.4 Å². The van der Waals surface area contributed by atoms with E-state index in [-0.39, 0.29) is 23.7 Å². The highest BCUT2D eigenvalue weighted by molar-refractivity contribution is 6.31. The van der Waals surface area contributed by atoms with Gasteiger partial charge in [0, 0.05) is 17.1 Å². The van der Waals surface area contributed by atoms with Gasteiger partial charge in [-0.05, 0) is 17.7 Å². The van der Waals surface area contributed by atoms with Gasteiger partial charge in [-0.1, -0.05) is 41.9 Å². The number of methoxy groups -OCH3 is 1. The predicted octanol–water partition coefficient (Wildman–Crippen LogP) is 2.25. The van der Waals surface area contributed by atoms with Crippen molar-refractivity contribution in [3.63, 3.8) is 0 Å². The van der Waals surface area contributed by atoms with Crippen molar-refractivity contribution in [2.24, 2.45) is 0 Å². The summed E-state index contributed by atoms with van der Waals surface area (Å²) >= 11 is 6.06. The molecule has 0 spiro atoms. The van der Waals surface area contributed by atoms with Crippen molar-refractivity contribution in [2.45, 2.75) is 18.8 Å². The molecule has 0 bridgehead atoms. The average molecular weight is 381 g/mol. The molecule has 140 valence electrons. The van der Waals surface area contributed by atoms with E-state index in [0.29, 0.717) is 11.4 Å². The molecule has 1 amide bonds. The maximum Gasteiger partial charge on any atom is 0.407 e. The SMILES string of the molecule is COc1cc(C(O)C(O)CNC(=O)OCc2ccccc2)c(Cl)cc1N. The fourth-order valence-corrected chi connectivity index (χ4v) is 2.55. The summed E-state index contributed by atoms with van der Waals surface area (Å²) < 4.78 is 10.1. The summed E-state index contributed by atoms with van der Waals surface area (Å²) in [6.45, 7) is -0.121. The molecule has 26 heavy (non-hydrogen) atoms. The number of carbonyl (C=O) groups excluding carboxylic acids is 1. The van der Waals surface area contributed by atoms with Crippen molar-refractivity contribution in [3.8, 4) is 5.75 Å². The van der Waals surface area contributed by atoms with Crippen LogP contribution in [-0.2, 0) is 11.3 Å². The first-order valence-electron chi connectivity index (χ1n) is 7.86. The van der Waals surface area contributed by atoms with Crippen molar-refractivity contribution in [1.82, 2.24) is 5.32 Å². The Kier molecular flexibility index (Phi) is 7.08. The standard InChI is InChI=1S/C18H21ClN2O5/c1-25-16-7-12(13(19)8-14(16)20)17(23)15(22)9-21-18(24)26-10-11-5-3-2-4-6-11/h2-8,15,17,22-23H,9-10,20H2,1H3,(H,21,24). The minimum absolute atomic E-state index is 0.103. The number of rotatable bonds is 7. The second-order valence-electron chi connectivity index (χ2n) is 5.57. The lowest BCUT2D eigenvalue weighted by Crippen LogP contribution is -2.35. The number of hydrogen-bond acceptors (Lipinski definition) is 6. The Labute approximate surface area is 156 Å². The van der Waals surface area contributed by atoms with E-state index >= 15 is 0 Å². The molecule has 2 rings (SSSR count). The Balaban J connectivity index is 1.89. The summed E-state index contributed by atoms with van der Waals surface area (Å²) in [6, 6.07) is 12.0. The van der Waals surface area contributed by atoms with Gasteiger partial charge >= 0.3 is 6.09 Å². The zero-order valence-electron chi connectivity index (χ0n) is 14.2. The highest BCUT2D eigenvalue weighted by Crippen LogP contribution is 2.33. The van der Waals surface area contributed by atoms with E-state index in [1.165, 1.54) is 19.2 Å². The molecular formula is C18H21ClN2O5. The fraction of sp³-hybridized carbons (Fsp3) is 0.278. The molecular weight excluding hydrogens is 360 g/mol. The van der Waals surface area contributed by atoms with E-state index < -0.39 is 18.3 Å². The van der Waals surface area contributed by atoms with Crippen LogP contribution in [0.5, 0.6) is 5.75 Å². The maximum absolute atomic E-state index is 11.7. The molecule has 2 aromatic carbocycles. The van der Waals surface area contributed by atoms with E-state index in [9.17, 15) is 15.0 Å². The lowest BCUT2D eigenvalue weighted by Gasteiger charge is -2.20. The Morgan fingerprint density at radius 2 is 1.96 bits per heavy atom. The van der Waals surface area contributed by atoms with Crippen LogP contribution in [0, 0.1) is 0 Å². The third-order valence-electron chi connectivity index (χ3n) is 3.70. The fourth-order valence-electron chi connectivity index (χ4n) is 2.27. The van der Waals surface area contributed by atoms with Gasteiger partial charge in [0.05, 0.1) is 12.8 Å². The molecule has 7 nitrogen and oxygen atoms in total. The van der Waals surface area contributed by atoms with Crippen molar-refractivity contribution < 1.29 is 24.5 Å². The van der Waals surface area contributed by atoms with E-state index in [4.69, 9.17) is 26.8 Å². The van der Waals surface area contributed by atoms with E-state index in [1.54, 1.807) is 0 Å². The number of amides is 1. The smallest absolute Gasteiger partial charge is 0.407 e.